The first-order chi connectivity index (χ1) is 18.1. The minimum atomic E-state index is -4.22. The van der Waals surface area contributed by atoms with Gasteiger partial charge in [0.25, 0.3) is 10.0 Å². The third kappa shape index (κ3) is 7.02. The Balaban J connectivity index is 2.01. The Hall–Kier alpha value is -3.63. The number of methoxy groups -OCH3 is 1. The molecule has 3 rings (SSSR count). The van der Waals surface area contributed by atoms with Gasteiger partial charge in [0.05, 0.1) is 17.7 Å². The van der Waals surface area contributed by atoms with Crippen LogP contribution in [0.15, 0.2) is 77.7 Å². The third-order valence-corrected chi connectivity index (χ3v) is 7.87. The number of halogens is 2. The number of amides is 2. The van der Waals surface area contributed by atoms with Crippen molar-refractivity contribution < 1.29 is 27.1 Å². The van der Waals surface area contributed by atoms with E-state index in [1.807, 2.05) is 0 Å². The van der Waals surface area contributed by atoms with Crippen LogP contribution >= 0.6 is 11.6 Å². The molecule has 1 N–H and O–H groups in total. The predicted octanol–water partition coefficient (Wildman–Crippen LogP) is 4.24. The van der Waals surface area contributed by atoms with Crippen molar-refractivity contribution >= 4 is 39.1 Å². The molecule has 0 saturated heterocycles. The summed E-state index contributed by atoms with van der Waals surface area (Å²) >= 11 is 6.02. The quantitative estimate of drug-likeness (QED) is 0.378. The number of benzene rings is 3. The minimum absolute atomic E-state index is 0.0333. The Kier molecular flexibility index (Phi) is 9.71. The van der Waals surface area contributed by atoms with Crippen molar-refractivity contribution in [1.82, 2.24) is 10.2 Å². The topological polar surface area (TPSA) is 96.0 Å². The van der Waals surface area contributed by atoms with Gasteiger partial charge >= 0.3 is 0 Å². The van der Waals surface area contributed by atoms with Crippen molar-refractivity contribution in [2.24, 2.45) is 0 Å². The number of nitrogens with zero attached hydrogens (tertiary/aromatic N) is 2. The van der Waals surface area contributed by atoms with E-state index in [1.165, 1.54) is 84.8 Å². The second-order valence-electron chi connectivity index (χ2n) is 8.38. The molecule has 0 spiro atoms. The van der Waals surface area contributed by atoms with Crippen LogP contribution in [0.25, 0.3) is 0 Å². The van der Waals surface area contributed by atoms with Gasteiger partial charge in [0.1, 0.15) is 24.2 Å². The van der Waals surface area contributed by atoms with E-state index in [1.54, 1.807) is 13.8 Å². The van der Waals surface area contributed by atoms with Crippen molar-refractivity contribution in [2.75, 3.05) is 24.5 Å². The molecule has 0 fully saturated rings. The van der Waals surface area contributed by atoms with E-state index in [0.717, 1.165) is 4.31 Å². The molecule has 0 aliphatic rings. The summed E-state index contributed by atoms with van der Waals surface area (Å²) in [4.78, 5) is 27.6. The molecular formula is C27H29ClFN3O5S. The van der Waals surface area contributed by atoms with Gasteiger partial charge in [-0.2, -0.15) is 0 Å². The average molecular weight is 562 g/mol. The van der Waals surface area contributed by atoms with Crippen LogP contribution in [0.1, 0.15) is 19.4 Å². The summed E-state index contributed by atoms with van der Waals surface area (Å²) in [6, 6.07) is 16.4. The molecular weight excluding hydrogens is 533 g/mol. The van der Waals surface area contributed by atoms with E-state index in [0.29, 0.717) is 22.9 Å². The molecule has 0 saturated carbocycles. The number of likely N-dealkylation sites (N-methyl/N-ethyl adjacent to an activating group) is 1. The van der Waals surface area contributed by atoms with Gasteiger partial charge in [0.2, 0.25) is 11.8 Å². The van der Waals surface area contributed by atoms with E-state index in [2.05, 4.69) is 5.32 Å². The molecule has 1 unspecified atom stereocenters. The molecule has 0 aliphatic carbocycles. The fraction of sp³-hybridized carbons (Fsp3) is 0.259. The Bertz CT molecular complexity index is 1350. The van der Waals surface area contributed by atoms with Gasteiger partial charge < -0.3 is 15.0 Å². The molecule has 0 bridgehead atoms. The average Bonchev–Trinajstić information content (AvgIpc) is 2.91. The Morgan fingerprint density at radius 3 is 2.16 bits per heavy atom. The highest BCUT2D eigenvalue weighted by Crippen LogP contribution is 2.27. The van der Waals surface area contributed by atoms with Gasteiger partial charge in [-0.3, -0.25) is 13.9 Å². The number of carbonyl (C=O) groups excluding carboxylic acids is 2. The fourth-order valence-electron chi connectivity index (χ4n) is 3.70. The Morgan fingerprint density at radius 2 is 1.61 bits per heavy atom. The van der Waals surface area contributed by atoms with Crippen LogP contribution in [0, 0.1) is 5.82 Å². The normalized spacial score (nSPS) is 11.9. The summed E-state index contributed by atoms with van der Waals surface area (Å²) in [5, 5.41) is 3.08. The van der Waals surface area contributed by atoms with Crippen LogP contribution in [0.5, 0.6) is 5.75 Å². The van der Waals surface area contributed by atoms with Crippen molar-refractivity contribution in [1.29, 1.82) is 0 Å². The Morgan fingerprint density at radius 1 is 1.00 bits per heavy atom. The molecule has 1 atom stereocenters. The SMILES string of the molecule is CCNC(=O)C(C)N(Cc1ccc(F)cc1)C(=O)CN(c1ccc(Cl)cc1)S(=O)(=O)c1ccc(OC)cc1. The van der Waals surface area contributed by atoms with Crippen molar-refractivity contribution in [3.8, 4) is 5.75 Å². The van der Waals surface area contributed by atoms with Crippen LogP contribution in [0.2, 0.25) is 5.02 Å². The summed E-state index contributed by atoms with van der Waals surface area (Å²) in [5.41, 5.74) is 0.790. The van der Waals surface area contributed by atoms with Gasteiger partial charge in [-0.05, 0) is 80.1 Å². The number of rotatable bonds is 11. The second kappa shape index (κ2) is 12.7. The molecule has 0 aliphatic heterocycles. The largest absolute Gasteiger partial charge is 0.497 e. The van der Waals surface area contributed by atoms with Crippen molar-refractivity contribution in [3.05, 3.63) is 89.2 Å². The van der Waals surface area contributed by atoms with E-state index in [-0.39, 0.29) is 17.1 Å². The Labute approximate surface area is 227 Å². The third-order valence-electron chi connectivity index (χ3n) is 5.83. The fourth-order valence-corrected chi connectivity index (χ4v) is 5.24. The van der Waals surface area contributed by atoms with E-state index in [4.69, 9.17) is 16.3 Å². The van der Waals surface area contributed by atoms with Crippen molar-refractivity contribution in [3.63, 3.8) is 0 Å². The van der Waals surface area contributed by atoms with Crippen LogP contribution in [0.4, 0.5) is 10.1 Å². The summed E-state index contributed by atoms with van der Waals surface area (Å²) in [5.74, 6) is -0.999. The molecule has 202 valence electrons. The molecule has 3 aromatic carbocycles. The summed E-state index contributed by atoms with van der Waals surface area (Å²) in [7, 11) is -2.75. The molecule has 11 heteroatoms. The van der Waals surface area contributed by atoms with Crippen molar-refractivity contribution in [2.45, 2.75) is 31.3 Å². The van der Waals surface area contributed by atoms with Crippen LogP contribution in [-0.4, -0.2) is 51.4 Å². The number of nitrogens with one attached hydrogen (secondary N) is 1. The zero-order valence-corrected chi connectivity index (χ0v) is 22.8. The smallest absolute Gasteiger partial charge is 0.264 e. The molecule has 0 radical (unpaired) electrons. The predicted molar refractivity (Wildman–Crippen MR) is 144 cm³/mol. The first kappa shape index (κ1) is 28.9. The maximum absolute atomic E-state index is 13.7. The highest BCUT2D eigenvalue weighted by molar-refractivity contribution is 7.92. The number of ether oxygens (including phenoxy) is 1. The zero-order valence-electron chi connectivity index (χ0n) is 21.2. The lowest BCUT2D eigenvalue weighted by Gasteiger charge is -2.32. The summed E-state index contributed by atoms with van der Waals surface area (Å²) in [6.45, 7) is 3.03. The lowest BCUT2D eigenvalue weighted by molar-refractivity contribution is -0.139. The molecule has 3 aromatic rings. The number of sulfonamides is 1. The molecule has 0 aromatic heterocycles. The molecule has 8 nitrogen and oxygen atoms in total. The van der Waals surface area contributed by atoms with E-state index >= 15 is 0 Å². The second-order valence-corrected chi connectivity index (χ2v) is 10.7. The number of hydrogen-bond donors (Lipinski definition) is 1. The maximum atomic E-state index is 13.7. The lowest BCUT2D eigenvalue weighted by Crippen LogP contribution is -2.51. The molecule has 2 amide bonds. The van der Waals surface area contributed by atoms with E-state index < -0.39 is 40.2 Å². The van der Waals surface area contributed by atoms with Gasteiger partial charge in [0.15, 0.2) is 0 Å². The molecule has 0 heterocycles. The standard InChI is InChI=1S/C27H29ClFN3O5S/c1-4-30-27(34)19(2)31(17-20-5-9-22(29)10-6-20)26(33)18-32(23-11-7-21(28)8-12-23)38(35,36)25-15-13-24(37-3)14-16-25/h5-16,19H,4,17-18H2,1-3H3,(H,30,34). The molecule has 38 heavy (non-hydrogen) atoms. The highest BCUT2D eigenvalue weighted by Gasteiger charge is 2.32. The summed E-state index contributed by atoms with van der Waals surface area (Å²) < 4.78 is 47.0. The summed E-state index contributed by atoms with van der Waals surface area (Å²) in [6.07, 6.45) is 0. The van der Waals surface area contributed by atoms with E-state index in [9.17, 15) is 22.4 Å². The highest BCUT2D eigenvalue weighted by atomic mass is 35.5. The lowest BCUT2D eigenvalue weighted by atomic mass is 10.1. The first-order valence-corrected chi connectivity index (χ1v) is 13.6. The number of anilines is 1. The van der Waals surface area contributed by atoms with Gasteiger partial charge in [-0.1, -0.05) is 23.7 Å². The first-order valence-electron chi connectivity index (χ1n) is 11.8. The zero-order chi connectivity index (χ0) is 27.9. The van der Waals surface area contributed by atoms with Crippen LogP contribution in [-0.2, 0) is 26.2 Å². The van der Waals surface area contributed by atoms with Gasteiger partial charge in [-0.25, -0.2) is 12.8 Å². The number of hydrogen-bond acceptors (Lipinski definition) is 5. The monoisotopic (exact) mass is 561 g/mol. The van der Waals surface area contributed by atoms with Crippen LogP contribution in [0.3, 0.4) is 0 Å². The van der Waals surface area contributed by atoms with Crippen LogP contribution < -0.4 is 14.4 Å². The van der Waals surface area contributed by atoms with Gasteiger partial charge in [-0.15, -0.1) is 0 Å². The number of carbonyl (C=O) groups is 2. The van der Waals surface area contributed by atoms with Gasteiger partial charge in [0, 0.05) is 18.1 Å². The minimum Gasteiger partial charge on any atom is -0.497 e. The maximum Gasteiger partial charge on any atom is 0.264 e.